The van der Waals surface area contributed by atoms with E-state index in [0.29, 0.717) is 5.82 Å². The highest BCUT2D eigenvalue weighted by molar-refractivity contribution is 6.02. The summed E-state index contributed by atoms with van der Waals surface area (Å²) in [6.07, 6.45) is 5.50. The summed E-state index contributed by atoms with van der Waals surface area (Å²) in [5, 5.41) is 9.74. The second kappa shape index (κ2) is 7.03. The van der Waals surface area contributed by atoms with Crippen molar-refractivity contribution < 1.29 is 4.79 Å². The van der Waals surface area contributed by atoms with E-state index in [1.54, 1.807) is 0 Å². The lowest BCUT2D eigenvalue weighted by Crippen LogP contribution is -2.48. The van der Waals surface area contributed by atoms with Crippen LogP contribution in [0.3, 0.4) is 0 Å². The molecule has 0 saturated carbocycles. The molecule has 1 aromatic heterocycles. The molecular formula is C26H21N3O. The molecule has 0 saturated heterocycles. The molecule has 4 heteroatoms. The van der Waals surface area contributed by atoms with Crippen molar-refractivity contribution in [1.29, 1.82) is 5.26 Å². The fourth-order valence-corrected chi connectivity index (χ4v) is 5.17. The second-order valence-corrected chi connectivity index (χ2v) is 8.14. The third kappa shape index (κ3) is 2.63. The molecule has 0 amide bonds. The Bertz CT molecular complexity index is 1190. The van der Waals surface area contributed by atoms with Gasteiger partial charge in [-0.1, -0.05) is 67.6 Å². The summed E-state index contributed by atoms with van der Waals surface area (Å²) >= 11 is 0. The number of fused-ring (bicyclic) bond motifs is 3. The van der Waals surface area contributed by atoms with E-state index in [-0.39, 0.29) is 23.2 Å². The summed E-state index contributed by atoms with van der Waals surface area (Å²) in [6, 6.07) is 22.3. The maximum Gasteiger partial charge on any atom is 0.176 e. The average molecular weight is 391 g/mol. The number of hydrogen-bond acceptors (Lipinski definition) is 4. The van der Waals surface area contributed by atoms with Crippen molar-refractivity contribution in [3.8, 4) is 17.5 Å². The van der Waals surface area contributed by atoms with E-state index in [1.807, 2.05) is 67.7 Å². The fraction of sp³-hybridized carbons (Fsp3) is 0.231. The van der Waals surface area contributed by atoms with Gasteiger partial charge in [-0.25, -0.2) is 9.97 Å². The number of ketones is 1. The topological polar surface area (TPSA) is 66.6 Å². The maximum atomic E-state index is 12.9. The number of aromatic nitrogens is 2. The summed E-state index contributed by atoms with van der Waals surface area (Å²) < 4.78 is 0. The number of nitriles is 1. The lowest BCUT2D eigenvalue weighted by Gasteiger charge is -2.47. The van der Waals surface area contributed by atoms with Gasteiger partial charge in [-0.15, -0.1) is 0 Å². The molecule has 2 aliphatic carbocycles. The molecule has 146 valence electrons. The number of benzene rings is 2. The highest BCUT2D eigenvalue weighted by Gasteiger charge is 2.52. The lowest BCUT2D eigenvalue weighted by molar-refractivity contribution is -0.121. The Morgan fingerprint density at radius 3 is 2.47 bits per heavy atom. The van der Waals surface area contributed by atoms with Gasteiger partial charge < -0.3 is 0 Å². The fourth-order valence-electron chi connectivity index (χ4n) is 5.17. The van der Waals surface area contributed by atoms with Crippen molar-refractivity contribution in [2.75, 3.05) is 0 Å². The first kappa shape index (κ1) is 18.4. The molecule has 4 nitrogen and oxygen atoms in total. The summed E-state index contributed by atoms with van der Waals surface area (Å²) in [6.45, 7) is 1.96. The Morgan fingerprint density at radius 2 is 1.77 bits per heavy atom. The van der Waals surface area contributed by atoms with Crippen LogP contribution in [0.1, 0.15) is 30.2 Å². The SMILES string of the molecule is CC1C(=O)C(C#N)=CC2(c3ccccc3)c3nc(-c4ccccc4)ncc3CCC12. The largest absolute Gasteiger partial charge is 0.293 e. The van der Waals surface area contributed by atoms with Crippen LogP contribution in [-0.4, -0.2) is 15.8 Å². The number of carbonyl (C=O) groups excluding carboxylic acids is 1. The molecule has 3 unspecified atom stereocenters. The van der Waals surface area contributed by atoms with Crippen LogP contribution in [0.5, 0.6) is 0 Å². The number of allylic oxidation sites excluding steroid dienone is 2. The molecule has 0 aliphatic heterocycles. The lowest BCUT2D eigenvalue weighted by atomic mass is 9.54. The molecule has 30 heavy (non-hydrogen) atoms. The van der Waals surface area contributed by atoms with Gasteiger partial charge in [0.2, 0.25) is 0 Å². The predicted octanol–water partition coefficient (Wildman–Crippen LogP) is 4.66. The molecule has 0 spiro atoms. The van der Waals surface area contributed by atoms with Crippen LogP contribution in [0.15, 0.2) is 78.5 Å². The standard InChI is InChI=1S/C26H21N3O/c1-17-22-13-12-19-16-28-25(18-8-4-2-5-9-18)29-24(19)26(22,14-20(15-27)23(17)30)21-10-6-3-7-11-21/h2-11,14,16-17,22H,12-13H2,1H3. The van der Waals surface area contributed by atoms with Crippen molar-refractivity contribution in [2.45, 2.75) is 25.2 Å². The molecule has 0 radical (unpaired) electrons. The van der Waals surface area contributed by atoms with Crippen molar-refractivity contribution in [2.24, 2.45) is 11.8 Å². The average Bonchev–Trinajstić information content (AvgIpc) is 2.82. The van der Waals surface area contributed by atoms with Crippen molar-refractivity contribution in [3.63, 3.8) is 0 Å². The summed E-state index contributed by atoms with van der Waals surface area (Å²) in [5.41, 5.74) is 3.65. The van der Waals surface area contributed by atoms with Gasteiger partial charge >= 0.3 is 0 Å². The molecule has 2 aliphatic rings. The molecule has 0 bridgehead atoms. The van der Waals surface area contributed by atoms with Gasteiger partial charge in [-0.3, -0.25) is 4.79 Å². The van der Waals surface area contributed by atoms with Crippen molar-refractivity contribution in [1.82, 2.24) is 9.97 Å². The second-order valence-electron chi connectivity index (χ2n) is 8.14. The molecule has 0 fully saturated rings. The first-order valence-electron chi connectivity index (χ1n) is 10.3. The van der Waals surface area contributed by atoms with Crippen LogP contribution in [0.2, 0.25) is 0 Å². The van der Waals surface area contributed by atoms with Gasteiger partial charge in [-0.2, -0.15) is 5.26 Å². The van der Waals surface area contributed by atoms with Gasteiger partial charge in [0.25, 0.3) is 0 Å². The maximum absolute atomic E-state index is 12.9. The normalized spacial score (nSPS) is 24.9. The van der Waals surface area contributed by atoms with E-state index in [4.69, 9.17) is 4.98 Å². The zero-order chi connectivity index (χ0) is 20.7. The number of hydrogen-bond donors (Lipinski definition) is 0. The van der Waals surface area contributed by atoms with Crippen LogP contribution in [0, 0.1) is 23.2 Å². The Kier molecular flexibility index (Phi) is 4.33. The van der Waals surface area contributed by atoms with Gasteiger partial charge in [0, 0.05) is 17.7 Å². The Balaban J connectivity index is 1.83. The predicted molar refractivity (Wildman–Crippen MR) is 114 cm³/mol. The zero-order valence-corrected chi connectivity index (χ0v) is 16.7. The molecule has 3 atom stereocenters. The smallest absolute Gasteiger partial charge is 0.176 e. The Morgan fingerprint density at radius 1 is 1.07 bits per heavy atom. The van der Waals surface area contributed by atoms with Gasteiger partial charge in [-0.05, 0) is 36.0 Å². The molecule has 1 heterocycles. The van der Waals surface area contributed by atoms with E-state index in [0.717, 1.165) is 35.2 Å². The highest BCUT2D eigenvalue weighted by atomic mass is 16.1. The number of aryl methyl sites for hydroxylation is 1. The van der Waals surface area contributed by atoms with Crippen molar-refractivity contribution in [3.05, 3.63) is 95.3 Å². The highest BCUT2D eigenvalue weighted by Crippen LogP contribution is 2.53. The Hall–Kier alpha value is -3.58. The van der Waals surface area contributed by atoms with Crippen LogP contribution in [0.25, 0.3) is 11.4 Å². The van der Waals surface area contributed by atoms with Crippen LogP contribution in [0.4, 0.5) is 0 Å². The number of nitrogens with zero attached hydrogens (tertiary/aromatic N) is 3. The zero-order valence-electron chi connectivity index (χ0n) is 16.7. The minimum Gasteiger partial charge on any atom is -0.293 e. The van der Waals surface area contributed by atoms with Gasteiger partial charge in [0.1, 0.15) is 6.07 Å². The van der Waals surface area contributed by atoms with Gasteiger partial charge in [0.15, 0.2) is 11.6 Å². The van der Waals surface area contributed by atoms with Gasteiger partial charge in [0.05, 0.1) is 16.7 Å². The van der Waals surface area contributed by atoms with Crippen molar-refractivity contribution >= 4 is 5.78 Å². The monoisotopic (exact) mass is 391 g/mol. The number of carbonyl (C=O) groups is 1. The number of Topliss-reactive ketones (excluding diaryl/α,β-unsaturated/α-hetero) is 1. The van der Waals surface area contributed by atoms with E-state index in [1.165, 1.54) is 0 Å². The molecule has 2 aromatic carbocycles. The number of rotatable bonds is 2. The first-order valence-corrected chi connectivity index (χ1v) is 10.3. The minimum atomic E-state index is -0.611. The van der Waals surface area contributed by atoms with Crippen LogP contribution in [-0.2, 0) is 16.6 Å². The molecule has 5 rings (SSSR count). The first-order chi connectivity index (χ1) is 14.6. The van der Waals surface area contributed by atoms with Crippen LogP contribution < -0.4 is 0 Å². The molecule has 3 aromatic rings. The third-order valence-electron chi connectivity index (χ3n) is 6.62. The minimum absolute atomic E-state index is 0.0514. The Labute approximate surface area is 175 Å². The molecule has 0 N–H and O–H groups in total. The third-order valence-corrected chi connectivity index (χ3v) is 6.62. The quantitative estimate of drug-likeness (QED) is 0.637. The summed E-state index contributed by atoms with van der Waals surface area (Å²) in [5.74, 6) is 0.417. The van der Waals surface area contributed by atoms with E-state index in [9.17, 15) is 10.1 Å². The van der Waals surface area contributed by atoms with E-state index in [2.05, 4.69) is 23.2 Å². The van der Waals surface area contributed by atoms with Crippen LogP contribution >= 0.6 is 0 Å². The summed E-state index contributed by atoms with van der Waals surface area (Å²) in [7, 11) is 0. The van der Waals surface area contributed by atoms with E-state index < -0.39 is 5.41 Å². The summed E-state index contributed by atoms with van der Waals surface area (Å²) in [4.78, 5) is 22.6. The molecular weight excluding hydrogens is 370 g/mol. The van der Waals surface area contributed by atoms with E-state index >= 15 is 0 Å².